The summed E-state index contributed by atoms with van der Waals surface area (Å²) in [7, 11) is 1.95. The lowest BCUT2D eigenvalue weighted by Crippen LogP contribution is -2.38. The van der Waals surface area contributed by atoms with E-state index < -0.39 is 0 Å². The predicted molar refractivity (Wildman–Crippen MR) is 70.8 cm³/mol. The standard InChI is InChI=1S/C15H20FNO2/c1-17-13-9-14(10-4-6-18-7-5-10)19-15-8-11(16)2-3-12(13)15/h2-3,8,10,13-14,17H,4-7,9H2,1H3. The van der Waals surface area contributed by atoms with Crippen molar-refractivity contribution in [1.29, 1.82) is 0 Å². The molecule has 0 bridgehead atoms. The number of nitrogens with one attached hydrogen (secondary N) is 1. The number of benzene rings is 1. The van der Waals surface area contributed by atoms with Gasteiger partial charge in [-0.05, 0) is 26.0 Å². The minimum absolute atomic E-state index is 0.163. The molecule has 0 spiro atoms. The maximum Gasteiger partial charge on any atom is 0.127 e. The molecule has 0 aliphatic carbocycles. The molecule has 19 heavy (non-hydrogen) atoms. The Balaban J connectivity index is 1.83. The summed E-state index contributed by atoms with van der Waals surface area (Å²) in [4.78, 5) is 0. The fourth-order valence-corrected chi connectivity index (χ4v) is 3.12. The summed E-state index contributed by atoms with van der Waals surface area (Å²) in [6.07, 6.45) is 3.17. The van der Waals surface area contributed by atoms with Crippen LogP contribution in [0.2, 0.25) is 0 Å². The molecular weight excluding hydrogens is 245 g/mol. The topological polar surface area (TPSA) is 30.5 Å². The van der Waals surface area contributed by atoms with Crippen LogP contribution >= 0.6 is 0 Å². The Morgan fingerprint density at radius 1 is 1.26 bits per heavy atom. The first-order valence-electron chi connectivity index (χ1n) is 6.99. The summed E-state index contributed by atoms with van der Waals surface area (Å²) >= 11 is 0. The van der Waals surface area contributed by atoms with Gasteiger partial charge in [0.15, 0.2) is 0 Å². The van der Waals surface area contributed by atoms with Gasteiger partial charge < -0.3 is 14.8 Å². The van der Waals surface area contributed by atoms with Crippen LogP contribution in [0.25, 0.3) is 0 Å². The smallest absolute Gasteiger partial charge is 0.127 e. The summed E-state index contributed by atoms with van der Waals surface area (Å²) in [6.45, 7) is 1.62. The van der Waals surface area contributed by atoms with E-state index in [0.717, 1.165) is 38.0 Å². The molecule has 4 heteroatoms. The average molecular weight is 265 g/mol. The van der Waals surface area contributed by atoms with Gasteiger partial charge in [-0.15, -0.1) is 0 Å². The molecule has 1 saturated heterocycles. The second-order valence-electron chi connectivity index (χ2n) is 5.37. The van der Waals surface area contributed by atoms with Crippen LogP contribution in [0.3, 0.4) is 0 Å². The lowest BCUT2D eigenvalue weighted by Gasteiger charge is -2.37. The van der Waals surface area contributed by atoms with Gasteiger partial charge in [0.25, 0.3) is 0 Å². The largest absolute Gasteiger partial charge is 0.490 e. The zero-order valence-electron chi connectivity index (χ0n) is 11.2. The predicted octanol–water partition coefficient (Wildman–Crippen LogP) is 2.66. The summed E-state index contributed by atoms with van der Waals surface area (Å²) in [5.41, 5.74) is 1.06. The molecule has 2 atom stereocenters. The van der Waals surface area contributed by atoms with E-state index in [1.165, 1.54) is 12.1 Å². The molecule has 2 aliphatic rings. The molecule has 3 rings (SSSR count). The van der Waals surface area contributed by atoms with Crippen molar-refractivity contribution < 1.29 is 13.9 Å². The van der Waals surface area contributed by atoms with E-state index >= 15 is 0 Å². The highest BCUT2D eigenvalue weighted by Crippen LogP contribution is 2.39. The van der Waals surface area contributed by atoms with E-state index in [9.17, 15) is 4.39 Å². The zero-order valence-corrected chi connectivity index (χ0v) is 11.2. The summed E-state index contributed by atoms with van der Waals surface area (Å²) in [5.74, 6) is 0.976. The minimum atomic E-state index is -0.235. The number of fused-ring (bicyclic) bond motifs is 1. The molecule has 104 valence electrons. The maximum absolute atomic E-state index is 13.4. The van der Waals surface area contributed by atoms with Crippen molar-refractivity contribution >= 4 is 0 Å². The molecule has 1 fully saturated rings. The molecule has 2 aliphatic heterocycles. The van der Waals surface area contributed by atoms with Crippen molar-refractivity contribution in [3.8, 4) is 5.75 Å². The highest BCUT2D eigenvalue weighted by Gasteiger charge is 2.33. The molecule has 1 aromatic carbocycles. The van der Waals surface area contributed by atoms with Crippen molar-refractivity contribution in [1.82, 2.24) is 5.32 Å². The fourth-order valence-electron chi connectivity index (χ4n) is 3.12. The Morgan fingerprint density at radius 2 is 2.05 bits per heavy atom. The first-order valence-corrected chi connectivity index (χ1v) is 6.99. The van der Waals surface area contributed by atoms with E-state index in [0.29, 0.717) is 11.7 Å². The van der Waals surface area contributed by atoms with Gasteiger partial charge in [0.2, 0.25) is 0 Å². The zero-order chi connectivity index (χ0) is 13.2. The van der Waals surface area contributed by atoms with Crippen molar-refractivity contribution in [2.75, 3.05) is 20.3 Å². The number of hydrogen-bond acceptors (Lipinski definition) is 3. The molecule has 1 aromatic rings. The molecule has 2 heterocycles. The number of hydrogen-bond donors (Lipinski definition) is 1. The highest BCUT2D eigenvalue weighted by molar-refractivity contribution is 5.38. The third-order valence-electron chi connectivity index (χ3n) is 4.24. The molecule has 0 amide bonds. The SMILES string of the molecule is CNC1CC(C2CCOCC2)Oc2cc(F)ccc21. The second kappa shape index (κ2) is 5.47. The van der Waals surface area contributed by atoms with Crippen molar-refractivity contribution in [2.45, 2.75) is 31.4 Å². The van der Waals surface area contributed by atoms with Crippen LogP contribution in [-0.4, -0.2) is 26.4 Å². The lowest BCUT2D eigenvalue weighted by atomic mass is 9.86. The van der Waals surface area contributed by atoms with Gasteiger partial charge in [-0.1, -0.05) is 6.07 Å². The third-order valence-corrected chi connectivity index (χ3v) is 4.24. The van der Waals surface area contributed by atoms with Crippen LogP contribution < -0.4 is 10.1 Å². The van der Waals surface area contributed by atoms with Gasteiger partial charge in [0, 0.05) is 43.2 Å². The Hall–Kier alpha value is -1.13. The van der Waals surface area contributed by atoms with Crippen LogP contribution in [0.5, 0.6) is 5.75 Å². The van der Waals surface area contributed by atoms with Gasteiger partial charge in [0.1, 0.15) is 17.7 Å². The average Bonchev–Trinajstić information content (AvgIpc) is 2.46. The van der Waals surface area contributed by atoms with E-state index in [-0.39, 0.29) is 18.0 Å². The van der Waals surface area contributed by atoms with Crippen molar-refractivity contribution in [2.24, 2.45) is 5.92 Å². The van der Waals surface area contributed by atoms with Crippen LogP contribution in [0.4, 0.5) is 4.39 Å². The Bertz CT molecular complexity index is 446. The Morgan fingerprint density at radius 3 is 2.79 bits per heavy atom. The molecule has 0 radical (unpaired) electrons. The van der Waals surface area contributed by atoms with Gasteiger partial charge in [-0.25, -0.2) is 4.39 Å². The highest BCUT2D eigenvalue weighted by atomic mass is 19.1. The molecule has 3 nitrogen and oxygen atoms in total. The van der Waals surface area contributed by atoms with Crippen LogP contribution in [0.15, 0.2) is 18.2 Å². The van der Waals surface area contributed by atoms with Gasteiger partial charge >= 0.3 is 0 Å². The van der Waals surface area contributed by atoms with E-state index in [4.69, 9.17) is 9.47 Å². The Labute approximate surface area is 113 Å². The third kappa shape index (κ3) is 2.60. The second-order valence-corrected chi connectivity index (χ2v) is 5.37. The number of ether oxygens (including phenoxy) is 2. The van der Waals surface area contributed by atoms with Gasteiger partial charge in [0.05, 0.1) is 0 Å². The molecule has 2 unspecified atom stereocenters. The molecule has 0 saturated carbocycles. The van der Waals surface area contributed by atoms with E-state index in [1.54, 1.807) is 0 Å². The first-order chi connectivity index (χ1) is 9.28. The van der Waals surface area contributed by atoms with Crippen LogP contribution in [0.1, 0.15) is 30.9 Å². The quantitative estimate of drug-likeness (QED) is 0.891. The Kier molecular flexibility index (Phi) is 3.71. The summed E-state index contributed by atoms with van der Waals surface area (Å²) in [6, 6.07) is 5.08. The van der Waals surface area contributed by atoms with Gasteiger partial charge in [-0.2, -0.15) is 0 Å². The fraction of sp³-hybridized carbons (Fsp3) is 0.600. The molecule has 0 aromatic heterocycles. The number of rotatable bonds is 2. The van der Waals surface area contributed by atoms with E-state index in [2.05, 4.69) is 5.32 Å². The van der Waals surface area contributed by atoms with Crippen molar-refractivity contribution in [3.63, 3.8) is 0 Å². The van der Waals surface area contributed by atoms with Gasteiger partial charge in [-0.3, -0.25) is 0 Å². The minimum Gasteiger partial charge on any atom is -0.490 e. The molecule has 1 N–H and O–H groups in total. The molecular formula is C15H20FNO2. The van der Waals surface area contributed by atoms with Crippen LogP contribution in [0, 0.1) is 11.7 Å². The van der Waals surface area contributed by atoms with Crippen LogP contribution in [-0.2, 0) is 4.74 Å². The van der Waals surface area contributed by atoms with E-state index in [1.807, 2.05) is 13.1 Å². The number of halogens is 1. The lowest BCUT2D eigenvalue weighted by molar-refractivity contribution is 0.00556. The normalized spacial score (nSPS) is 27.7. The van der Waals surface area contributed by atoms with Crippen molar-refractivity contribution in [3.05, 3.63) is 29.6 Å². The monoisotopic (exact) mass is 265 g/mol. The summed E-state index contributed by atoms with van der Waals surface area (Å²) in [5, 5.41) is 3.31. The maximum atomic E-state index is 13.4. The first kappa shape index (κ1) is 12.9. The summed E-state index contributed by atoms with van der Waals surface area (Å²) < 4.78 is 24.8.